The zero-order valence-corrected chi connectivity index (χ0v) is 12.4. The lowest BCUT2D eigenvalue weighted by molar-refractivity contribution is -0.143. The number of ether oxygens (including phenoxy) is 1. The molecule has 0 saturated heterocycles. The Hall–Kier alpha value is -0.530. The van der Waals surface area contributed by atoms with Crippen LogP contribution in [0.25, 0.3) is 0 Å². The highest BCUT2D eigenvalue weighted by Crippen LogP contribution is 2.10. The van der Waals surface area contributed by atoms with Crippen molar-refractivity contribution in [3.63, 3.8) is 0 Å². The van der Waals surface area contributed by atoms with Crippen molar-refractivity contribution in [3.8, 4) is 0 Å². The summed E-state index contributed by atoms with van der Waals surface area (Å²) in [7, 11) is 0. The Morgan fingerprint density at radius 1 is 0.889 bits per heavy atom. The molecule has 0 amide bonds. The van der Waals surface area contributed by atoms with Crippen molar-refractivity contribution in [3.05, 3.63) is 6.42 Å². The van der Waals surface area contributed by atoms with Gasteiger partial charge in [-0.15, -0.1) is 0 Å². The monoisotopic (exact) mass is 255 g/mol. The largest absolute Gasteiger partial charge is 0.466 e. The van der Waals surface area contributed by atoms with Crippen LogP contribution >= 0.6 is 0 Å². The van der Waals surface area contributed by atoms with Gasteiger partial charge >= 0.3 is 5.97 Å². The number of carbonyl (C=O) groups excluding carboxylic acids is 1. The van der Waals surface area contributed by atoms with Gasteiger partial charge in [0, 0.05) is 6.42 Å². The quantitative estimate of drug-likeness (QED) is 0.339. The molecule has 2 heteroatoms. The first-order chi connectivity index (χ1) is 8.81. The van der Waals surface area contributed by atoms with Crippen molar-refractivity contribution in [2.75, 3.05) is 6.61 Å². The SMILES string of the molecule is C[CH]CC(=O)OCCCCCCCCCCCC. The second-order valence-electron chi connectivity index (χ2n) is 5.01. The summed E-state index contributed by atoms with van der Waals surface area (Å²) in [6.07, 6.45) is 15.4. The Morgan fingerprint density at radius 3 is 1.89 bits per heavy atom. The third kappa shape index (κ3) is 13.5. The van der Waals surface area contributed by atoms with Gasteiger partial charge < -0.3 is 4.74 Å². The number of esters is 1. The molecular formula is C16H31O2. The predicted octanol–water partition coefficient (Wildman–Crippen LogP) is 5.06. The highest BCUT2D eigenvalue weighted by Gasteiger charge is 1.99. The maximum atomic E-state index is 11.0. The summed E-state index contributed by atoms with van der Waals surface area (Å²) in [6.45, 7) is 4.73. The molecule has 0 aliphatic heterocycles. The van der Waals surface area contributed by atoms with E-state index in [1.54, 1.807) is 0 Å². The first kappa shape index (κ1) is 17.5. The van der Waals surface area contributed by atoms with Crippen LogP contribution in [0.2, 0.25) is 0 Å². The first-order valence-corrected chi connectivity index (χ1v) is 7.74. The number of hydrogen-bond acceptors (Lipinski definition) is 2. The molecule has 0 aromatic heterocycles. The Labute approximate surface area is 113 Å². The van der Waals surface area contributed by atoms with Gasteiger partial charge in [0.25, 0.3) is 0 Å². The molecule has 107 valence electrons. The minimum atomic E-state index is -0.0894. The molecule has 0 aliphatic carbocycles. The van der Waals surface area contributed by atoms with Gasteiger partial charge in [-0.25, -0.2) is 0 Å². The van der Waals surface area contributed by atoms with Gasteiger partial charge in [0.1, 0.15) is 0 Å². The zero-order valence-electron chi connectivity index (χ0n) is 12.4. The molecule has 0 aromatic rings. The molecule has 0 N–H and O–H groups in total. The number of carbonyl (C=O) groups is 1. The molecule has 0 spiro atoms. The molecule has 0 saturated carbocycles. The molecule has 0 unspecified atom stereocenters. The van der Waals surface area contributed by atoms with Crippen LogP contribution in [0.1, 0.15) is 84.5 Å². The van der Waals surface area contributed by atoms with Crippen molar-refractivity contribution in [2.45, 2.75) is 84.5 Å². The molecule has 0 aromatic carbocycles. The van der Waals surface area contributed by atoms with E-state index in [0.717, 1.165) is 6.42 Å². The van der Waals surface area contributed by atoms with Crippen LogP contribution in [0, 0.1) is 6.42 Å². The summed E-state index contributed by atoms with van der Waals surface area (Å²) >= 11 is 0. The fourth-order valence-corrected chi connectivity index (χ4v) is 2.00. The average molecular weight is 255 g/mol. The standard InChI is InChI=1S/C16H31O2/c1-3-5-6-7-8-9-10-11-12-13-15-18-16(17)14-4-2/h4H,3,5-15H2,1-2H3. The normalized spacial score (nSPS) is 10.6. The summed E-state index contributed by atoms with van der Waals surface area (Å²) in [5.74, 6) is -0.0894. The van der Waals surface area contributed by atoms with Gasteiger partial charge in [0.2, 0.25) is 0 Å². The van der Waals surface area contributed by atoms with Crippen LogP contribution in [-0.4, -0.2) is 12.6 Å². The van der Waals surface area contributed by atoms with E-state index in [0.29, 0.717) is 13.0 Å². The first-order valence-electron chi connectivity index (χ1n) is 7.74. The number of hydrogen-bond donors (Lipinski definition) is 0. The summed E-state index contributed by atoms with van der Waals surface area (Å²) in [5, 5.41) is 0. The maximum absolute atomic E-state index is 11.0. The van der Waals surface area contributed by atoms with Crippen molar-refractivity contribution in [1.29, 1.82) is 0 Å². The van der Waals surface area contributed by atoms with Gasteiger partial charge in [-0.1, -0.05) is 71.6 Å². The van der Waals surface area contributed by atoms with Crippen LogP contribution in [0.15, 0.2) is 0 Å². The molecular weight excluding hydrogens is 224 g/mol. The summed E-state index contributed by atoms with van der Waals surface area (Å²) in [6, 6.07) is 0. The molecule has 0 aliphatic rings. The van der Waals surface area contributed by atoms with Crippen LogP contribution < -0.4 is 0 Å². The molecule has 2 nitrogen and oxygen atoms in total. The Balaban J connectivity index is 3.01. The number of unbranched alkanes of at least 4 members (excludes halogenated alkanes) is 9. The van der Waals surface area contributed by atoms with Crippen LogP contribution in [0.4, 0.5) is 0 Å². The average Bonchev–Trinajstić information content (AvgIpc) is 2.36. The van der Waals surface area contributed by atoms with Gasteiger partial charge in [-0.2, -0.15) is 0 Å². The van der Waals surface area contributed by atoms with Crippen LogP contribution in [0.3, 0.4) is 0 Å². The zero-order chi connectivity index (χ0) is 13.5. The van der Waals surface area contributed by atoms with Gasteiger partial charge in [-0.05, 0) is 12.8 Å². The third-order valence-electron chi connectivity index (χ3n) is 3.13. The molecule has 0 rings (SSSR count). The summed E-state index contributed by atoms with van der Waals surface area (Å²) in [5.41, 5.74) is 0. The molecule has 1 radical (unpaired) electrons. The van der Waals surface area contributed by atoms with E-state index in [4.69, 9.17) is 4.74 Å². The lowest BCUT2D eigenvalue weighted by Gasteiger charge is -2.04. The molecule has 18 heavy (non-hydrogen) atoms. The van der Waals surface area contributed by atoms with E-state index < -0.39 is 0 Å². The fraction of sp³-hybridized carbons (Fsp3) is 0.875. The Bertz CT molecular complexity index is 178. The summed E-state index contributed by atoms with van der Waals surface area (Å²) in [4.78, 5) is 11.0. The highest BCUT2D eigenvalue weighted by molar-refractivity contribution is 5.70. The Morgan fingerprint density at radius 2 is 1.39 bits per heavy atom. The lowest BCUT2D eigenvalue weighted by Crippen LogP contribution is -2.05. The van der Waals surface area contributed by atoms with Crippen molar-refractivity contribution in [1.82, 2.24) is 0 Å². The second kappa shape index (κ2) is 14.5. The van der Waals surface area contributed by atoms with E-state index in [1.165, 1.54) is 57.8 Å². The van der Waals surface area contributed by atoms with Crippen molar-refractivity contribution < 1.29 is 9.53 Å². The van der Waals surface area contributed by atoms with E-state index in [2.05, 4.69) is 6.92 Å². The van der Waals surface area contributed by atoms with Crippen molar-refractivity contribution in [2.24, 2.45) is 0 Å². The maximum Gasteiger partial charge on any atom is 0.306 e. The minimum absolute atomic E-state index is 0.0894. The van der Waals surface area contributed by atoms with Gasteiger partial charge in [-0.3, -0.25) is 4.79 Å². The lowest BCUT2D eigenvalue weighted by atomic mass is 10.1. The predicted molar refractivity (Wildman–Crippen MR) is 77.4 cm³/mol. The topological polar surface area (TPSA) is 26.3 Å². The van der Waals surface area contributed by atoms with Crippen molar-refractivity contribution >= 4 is 5.97 Å². The third-order valence-corrected chi connectivity index (χ3v) is 3.13. The molecule has 0 atom stereocenters. The smallest absolute Gasteiger partial charge is 0.306 e. The molecule has 0 bridgehead atoms. The van der Waals surface area contributed by atoms with E-state index >= 15 is 0 Å². The highest BCUT2D eigenvalue weighted by atomic mass is 16.5. The second-order valence-corrected chi connectivity index (χ2v) is 5.01. The van der Waals surface area contributed by atoms with E-state index in [1.807, 2.05) is 13.3 Å². The molecule has 0 heterocycles. The van der Waals surface area contributed by atoms with E-state index in [9.17, 15) is 4.79 Å². The number of rotatable bonds is 13. The molecule has 0 fully saturated rings. The summed E-state index contributed by atoms with van der Waals surface area (Å²) < 4.78 is 5.08. The van der Waals surface area contributed by atoms with Crippen LogP contribution in [0.5, 0.6) is 0 Å². The Kier molecular flexibility index (Phi) is 14.1. The minimum Gasteiger partial charge on any atom is -0.466 e. The van der Waals surface area contributed by atoms with E-state index in [-0.39, 0.29) is 5.97 Å². The van der Waals surface area contributed by atoms with Gasteiger partial charge in [0.15, 0.2) is 0 Å². The van der Waals surface area contributed by atoms with Gasteiger partial charge in [0.05, 0.1) is 6.61 Å². The van der Waals surface area contributed by atoms with Crippen LogP contribution in [-0.2, 0) is 9.53 Å². The fourth-order valence-electron chi connectivity index (χ4n) is 2.00.